The number of hydrogen-bond acceptors (Lipinski definition) is 8. The minimum absolute atomic E-state index is 0.0806. The van der Waals surface area contributed by atoms with Gasteiger partial charge in [0.05, 0.1) is 21.9 Å². The van der Waals surface area contributed by atoms with Gasteiger partial charge < -0.3 is 9.25 Å². The van der Waals surface area contributed by atoms with Gasteiger partial charge in [-0.2, -0.15) is 26.3 Å². The Kier molecular flexibility index (Phi) is 7.36. The van der Waals surface area contributed by atoms with Gasteiger partial charge in [0.25, 0.3) is 0 Å². The molecule has 0 saturated heterocycles. The number of nitrogens with zero attached hydrogens (tertiary/aromatic N) is 3. The van der Waals surface area contributed by atoms with Crippen LogP contribution in [-0.2, 0) is 14.7 Å². The van der Waals surface area contributed by atoms with Crippen LogP contribution in [0.3, 0.4) is 0 Å². The summed E-state index contributed by atoms with van der Waals surface area (Å²) in [6, 6.07) is 9.49. The molecular formula is C23H17F6N3O4S2. The van der Waals surface area contributed by atoms with Crippen molar-refractivity contribution in [2.24, 2.45) is 5.16 Å². The number of pyridine rings is 1. The first-order chi connectivity index (χ1) is 17.6. The van der Waals surface area contributed by atoms with Crippen molar-refractivity contribution in [1.29, 1.82) is 0 Å². The molecule has 0 aliphatic heterocycles. The molecule has 202 valence electrons. The molecule has 0 saturated carbocycles. The number of rotatable bonds is 7. The molecule has 0 spiro atoms. The summed E-state index contributed by atoms with van der Waals surface area (Å²) in [5, 5.41) is 3.79. The number of oxazole rings is 1. The highest BCUT2D eigenvalue weighted by Gasteiger charge is 2.30. The van der Waals surface area contributed by atoms with E-state index in [0.717, 1.165) is 0 Å². The Balaban J connectivity index is 1.79. The number of aromatic nitrogens is 2. The SMILES string of the molecule is CCS(=O)(=O)c1cc2cc(C(C)=NOCC(F)(F)F)ccc2nc1-c1nc2cc(SC(F)(F)F)ccc2o1. The van der Waals surface area contributed by atoms with E-state index in [4.69, 9.17) is 4.42 Å². The van der Waals surface area contributed by atoms with Crippen LogP contribution in [0.2, 0.25) is 0 Å². The van der Waals surface area contributed by atoms with Crippen LogP contribution in [0.25, 0.3) is 33.6 Å². The monoisotopic (exact) mass is 577 g/mol. The Bertz CT molecular complexity index is 1650. The maximum absolute atomic E-state index is 12.9. The lowest BCUT2D eigenvalue weighted by Crippen LogP contribution is -2.15. The molecule has 4 rings (SSSR count). The van der Waals surface area contributed by atoms with Gasteiger partial charge in [0, 0.05) is 10.3 Å². The van der Waals surface area contributed by atoms with Crippen LogP contribution in [0.4, 0.5) is 26.3 Å². The molecule has 7 nitrogen and oxygen atoms in total. The van der Waals surface area contributed by atoms with Crippen molar-refractivity contribution in [3.63, 3.8) is 0 Å². The Morgan fingerprint density at radius 2 is 1.76 bits per heavy atom. The summed E-state index contributed by atoms with van der Waals surface area (Å²) >= 11 is -0.324. The van der Waals surface area contributed by atoms with E-state index in [2.05, 4.69) is 20.0 Å². The highest BCUT2D eigenvalue weighted by molar-refractivity contribution is 8.00. The first-order valence-electron chi connectivity index (χ1n) is 10.7. The quantitative estimate of drug-likeness (QED) is 0.104. The fourth-order valence-corrected chi connectivity index (χ4v) is 5.01. The smallest absolute Gasteiger partial charge is 0.435 e. The standard InChI is InChI=1S/C23H17F6N3O4S2/c1-3-38(33,34)19-9-14-8-13(12(2)32-35-11-22(24,25)26)4-6-16(14)30-20(19)21-31-17-10-15(37-23(27,28)29)5-7-18(17)36-21/h4-10H,3,11H2,1-2H3. The first kappa shape index (κ1) is 27.7. The van der Waals surface area contributed by atoms with Crippen molar-refractivity contribution < 1.29 is 44.0 Å². The topological polar surface area (TPSA) is 94.7 Å². The van der Waals surface area contributed by atoms with Crippen molar-refractivity contribution in [3.8, 4) is 11.6 Å². The number of thioether (sulfide) groups is 1. The van der Waals surface area contributed by atoms with E-state index in [-0.39, 0.29) is 55.7 Å². The van der Waals surface area contributed by atoms with Crippen molar-refractivity contribution in [1.82, 2.24) is 9.97 Å². The fraction of sp³-hybridized carbons (Fsp3) is 0.261. The Hall–Kier alpha value is -3.33. The zero-order valence-corrected chi connectivity index (χ0v) is 21.1. The third kappa shape index (κ3) is 6.38. The highest BCUT2D eigenvalue weighted by atomic mass is 32.2. The maximum atomic E-state index is 12.9. The first-order valence-corrected chi connectivity index (χ1v) is 13.2. The van der Waals surface area contributed by atoms with Gasteiger partial charge >= 0.3 is 11.7 Å². The van der Waals surface area contributed by atoms with Crippen molar-refractivity contribution in [2.75, 3.05) is 12.4 Å². The lowest BCUT2D eigenvalue weighted by molar-refractivity contribution is -0.173. The van der Waals surface area contributed by atoms with Gasteiger partial charge in [0.2, 0.25) is 12.5 Å². The maximum Gasteiger partial charge on any atom is 0.446 e. The normalized spacial score (nSPS) is 13.4. The number of alkyl halides is 6. The second-order valence-electron chi connectivity index (χ2n) is 7.91. The van der Waals surface area contributed by atoms with E-state index in [1.54, 1.807) is 0 Å². The van der Waals surface area contributed by atoms with Gasteiger partial charge in [-0.3, -0.25) is 0 Å². The molecule has 0 radical (unpaired) electrons. The molecule has 2 aromatic carbocycles. The molecule has 0 bridgehead atoms. The molecule has 2 heterocycles. The summed E-state index contributed by atoms with van der Waals surface area (Å²) in [6.45, 7) is 1.27. The van der Waals surface area contributed by atoms with E-state index in [1.165, 1.54) is 56.3 Å². The lowest BCUT2D eigenvalue weighted by Gasteiger charge is -2.10. The molecule has 0 unspecified atom stereocenters. The van der Waals surface area contributed by atoms with Crippen LogP contribution in [0.15, 0.2) is 61.8 Å². The lowest BCUT2D eigenvalue weighted by atomic mass is 10.1. The van der Waals surface area contributed by atoms with Crippen LogP contribution in [0, 0.1) is 0 Å². The van der Waals surface area contributed by atoms with E-state index < -0.39 is 28.1 Å². The number of oxime groups is 1. The Morgan fingerprint density at radius 1 is 1.03 bits per heavy atom. The van der Waals surface area contributed by atoms with Crippen LogP contribution < -0.4 is 0 Å². The van der Waals surface area contributed by atoms with E-state index in [9.17, 15) is 34.8 Å². The molecule has 38 heavy (non-hydrogen) atoms. The minimum Gasteiger partial charge on any atom is -0.435 e. The molecule has 0 aliphatic rings. The van der Waals surface area contributed by atoms with Crippen molar-refractivity contribution >= 4 is 49.3 Å². The predicted molar refractivity (Wildman–Crippen MR) is 129 cm³/mol. The molecule has 2 aromatic heterocycles. The average molecular weight is 578 g/mol. The van der Waals surface area contributed by atoms with Crippen LogP contribution >= 0.6 is 11.8 Å². The Labute approximate surface area is 215 Å². The number of fused-ring (bicyclic) bond motifs is 2. The van der Waals surface area contributed by atoms with Gasteiger partial charge in [-0.05, 0) is 60.6 Å². The van der Waals surface area contributed by atoms with Crippen molar-refractivity contribution in [2.45, 2.75) is 35.3 Å². The van der Waals surface area contributed by atoms with Crippen LogP contribution in [0.1, 0.15) is 19.4 Å². The molecule has 0 N–H and O–H groups in total. The second kappa shape index (κ2) is 10.1. The summed E-state index contributed by atoms with van der Waals surface area (Å²) in [4.78, 5) is 12.6. The number of halogens is 6. The predicted octanol–water partition coefficient (Wildman–Crippen LogP) is 6.75. The second-order valence-corrected chi connectivity index (χ2v) is 11.3. The Morgan fingerprint density at radius 3 is 2.42 bits per heavy atom. The largest absolute Gasteiger partial charge is 0.446 e. The summed E-state index contributed by atoms with van der Waals surface area (Å²) < 4.78 is 107. The summed E-state index contributed by atoms with van der Waals surface area (Å²) in [5.41, 5.74) is -3.64. The summed E-state index contributed by atoms with van der Waals surface area (Å²) in [5.74, 6) is -0.504. The van der Waals surface area contributed by atoms with Gasteiger partial charge in [-0.1, -0.05) is 18.1 Å². The third-order valence-electron chi connectivity index (χ3n) is 5.14. The molecule has 0 amide bonds. The van der Waals surface area contributed by atoms with E-state index in [1.807, 2.05) is 0 Å². The van der Waals surface area contributed by atoms with Gasteiger partial charge in [-0.15, -0.1) is 0 Å². The van der Waals surface area contributed by atoms with E-state index in [0.29, 0.717) is 16.5 Å². The van der Waals surface area contributed by atoms with E-state index >= 15 is 0 Å². The van der Waals surface area contributed by atoms with Gasteiger partial charge in [0.1, 0.15) is 11.2 Å². The molecule has 15 heteroatoms. The number of benzene rings is 2. The van der Waals surface area contributed by atoms with Gasteiger partial charge in [0.15, 0.2) is 15.4 Å². The average Bonchev–Trinajstić information content (AvgIpc) is 3.24. The number of sulfone groups is 1. The molecule has 0 fully saturated rings. The fourth-order valence-electron chi connectivity index (χ4n) is 3.39. The third-order valence-corrected chi connectivity index (χ3v) is 7.60. The molecule has 4 aromatic rings. The molecular weight excluding hydrogens is 560 g/mol. The van der Waals surface area contributed by atoms with Crippen molar-refractivity contribution in [3.05, 3.63) is 48.0 Å². The zero-order valence-electron chi connectivity index (χ0n) is 19.5. The van der Waals surface area contributed by atoms with Crippen LogP contribution in [0.5, 0.6) is 0 Å². The molecule has 0 aliphatic carbocycles. The summed E-state index contributed by atoms with van der Waals surface area (Å²) in [6.07, 6.45) is -4.56. The molecule has 0 atom stereocenters. The highest BCUT2D eigenvalue weighted by Crippen LogP contribution is 2.39. The summed E-state index contributed by atoms with van der Waals surface area (Å²) in [7, 11) is -3.90. The van der Waals surface area contributed by atoms with Crippen LogP contribution in [-0.4, -0.2) is 48.1 Å². The minimum atomic E-state index is -4.56. The number of hydrogen-bond donors (Lipinski definition) is 0. The van der Waals surface area contributed by atoms with Gasteiger partial charge in [-0.25, -0.2) is 18.4 Å². The zero-order chi connectivity index (χ0) is 27.9.